The lowest BCUT2D eigenvalue weighted by Gasteiger charge is -2.41. The Morgan fingerprint density at radius 2 is 1.67 bits per heavy atom. The molecule has 7 rings (SSSR count). The van der Waals surface area contributed by atoms with Gasteiger partial charge in [-0.3, -0.25) is 24.8 Å². The molecule has 3 aromatic rings. The second-order valence-electron chi connectivity index (χ2n) is 14.7. The number of ether oxygens (including phenoxy) is 2. The van der Waals surface area contributed by atoms with Crippen molar-refractivity contribution < 1.29 is 48.2 Å². The third kappa shape index (κ3) is 7.68. The summed E-state index contributed by atoms with van der Waals surface area (Å²) in [5.41, 5.74) is -1.52. The van der Waals surface area contributed by atoms with Gasteiger partial charge in [-0.25, -0.2) is 25.0 Å². The van der Waals surface area contributed by atoms with Gasteiger partial charge in [0.1, 0.15) is 17.0 Å². The quantitative estimate of drug-likeness (QED) is 0.0513. The number of carbonyl (C=O) groups is 6. The number of carboxylic acid groups (broad SMARTS) is 1. The number of aliphatic carboxylic acids is 1. The number of amides is 5. The summed E-state index contributed by atoms with van der Waals surface area (Å²) in [6, 6.07) is 16.4. The molecule has 1 saturated carbocycles. The first kappa shape index (κ1) is 39.4. The van der Waals surface area contributed by atoms with E-state index in [1.54, 1.807) is 20.8 Å². The molecule has 3 saturated heterocycles. The van der Waals surface area contributed by atoms with Crippen LogP contribution in [0.4, 0.5) is 14.7 Å². The summed E-state index contributed by atoms with van der Waals surface area (Å²) >= 11 is 1.53. The predicted molar refractivity (Wildman–Crippen MR) is 203 cm³/mol. The number of benzene rings is 2. The lowest BCUT2D eigenvalue weighted by atomic mass is 9.80. The number of urea groups is 1. The van der Waals surface area contributed by atoms with Crippen LogP contribution in [0.25, 0.3) is 0 Å². The van der Waals surface area contributed by atoms with Gasteiger partial charge in [0.15, 0.2) is 6.10 Å². The number of nitrogens with one attached hydrogen (secondary N) is 2. The summed E-state index contributed by atoms with van der Waals surface area (Å²) in [5, 5.41) is 19.4. The molecule has 5 N–H and O–H groups in total. The highest BCUT2D eigenvalue weighted by molar-refractivity contribution is 8.02. The molecule has 0 spiro atoms. The van der Waals surface area contributed by atoms with Crippen LogP contribution in [0.2, 0.25) is 0 Å². The SMILES string of the molecule is CC(C)(C)OC(=O)Nc1nc(/C(=N/OC2(C(=O)OC(c3ccccc3)c3ccccc3)CCC2)C(=O)N[C@@H]2C(=O)N3C[C@@](C(=O)O)(N4CCN(N)C4=O)S[C@H]23)ns1. The van der Waals surface area contributed by atoms with Crippen LogP contribution in [-0.4, -0.2) is 118 Å². The number of aromatic nitrogens is 2. The molecule has 0 unspecified atom stereocenters. The number of nitrogens with zero attached hydrogens (tertiary/aromatic N) is 6. The Balaban J connectivity index is 1.14. The molecule has 5 amide bonds. The Morgan fingerprint density at radius 3 is 2.21 bits per heavy atom. The molecule has 4 fully saturated rings. The fourth-order valence-corrected chi connectivity index (χ4v) is 8.81. The van der Waals surface area contributed by atoms with Crippen LogP contribution in [0.15, 0.2) is 65.8 Å². The number of hydrogen-bond donors (Lipinski definition) is 4. The van der Waals surface area contributed by atoms with E-state index in [-0.39, 0.29) is 43.4 Å². The lowest BCUT2D eigenvalue weighted by Crippen LogP contribution is -2.68. The van der Waals surface area contributed by atoms with Gasteiger partial charge in [-0.15, -0.1) is 0 Å². The summed E-state index contributed by atoms with van der Waals surface area (Å²) in [6.07, 6.45) is -0.616. The summed E-state index contributed by atoms with van der Waals surface area (Å²) < 4.78 is 15.6. The molecule has 21 heteroatoms. The van der Waals surface area contributed by atoms with Crippen LogP contribution in [-0.2, 0) is 33.5 Å². The maximum Gasteiger partial charge on any atom is 0.414 e. The van der Waals surface area contributed by atoms with Gasteiger partial charge in [-0.2, -0.15) is 9.36 Å². The molecular weight excluding hydrogens is 783 g/mol. The van der Waals surface area contributed by atoms with E-state index < -0.39 is 75.2 Å². The molecule has 300 valence electrons. The van der Waals surface area contributed by atoms with E-state index in [0.29, 0.717) is 18.0 Å². The van der Waals surface area contributed by atoms with E-state index in [1.807, 2.05) is 60.7 Å². The minimum atomic E-state index is -1.85. The molecular formula is C36H39N9O10S2. The van der Waals surface area contributed by atoms with Crippen LogP contribution >= 0.6 is 23.3 Å². The largest absolute Gasteiger partial charge is 0.479 e. The number of β-lactam (4-membered cyclic amide) rings is 1. The number of nitrogens with two attached hydrogens (primary N) is 1. The van der Waals surface area contributed by atoms with Gasteiger partial charge in [0.05, 0.1) is 13.1 Å². The number of hydrazine groups is 1. The third-order valence-corrected chi connectivity index (χ3v) is 12.0. The number of thioether (sulfide) groups is 1. The van der Waals surface area contributed by atoms with Gasteiger partial charge < -0.3 is 29.6 Å². The minimum Gasteiger partial charge on any atom is -0.479 e. The van der Waals surface area contributed by atoms with Gasteiger partial charge >= 0.3 is 24.1 Å². The molecule has 1 aliphatic carbocycles. The van der Waals surface area contributed by atoms with Crippen LogP contribution in [0.1, 0.15) is 63.1 Å². The molecule has 19 nitrogen and oxygen atoms in total. The zero-order valence-electron chi connectivity index (χ0n) is 30.9. The lowest BCUT2D eigenvalue weighted by molar-refractivity contribution is -0.189. The Labute approximate surface area is 334 Å². The van der Waals surface area contributed by atoms with Gasteiger partial charge in [0.2, 0.25) is 33.0 Å². The number of hydrogen-bond acceptors (Lipinski definition) is 15. The number of fused-ring (bicyclic) bond motifs is 1. The van der Waals surface area contributed by atoms with Gasteiger partial charge in [-0.05, 0) is 38.3 Å². The number of carboxylic acids is 1. The number of oxime groups is 1. The van der Waals surface area contributed by atoms with Crippen molar-refractivity contribution in [2.45, 2.75) is 73.6 Å². The zero-order chi connectivity index (χ0) is 40.7. The van der Waals surface area contributed by atoms with E-state index in [0.717, 1.165) is 32.8 Å². The third-order valence-electron chi connectivity index (χ3n) is 9.67. The Kier molecular flexibility index (Phi) is 10.6. The monoisotopic (exact) mass is 821 g/mol. The van der Waals surface area contributed by atoms with Gasteiger partial charge in [0.25, 0.3) is 5.91 Å². The van der Waals surface area contributed by atoms with Crippen molar-refractivity contribution in [3.8, 4) is 0 Å². The molecule has 1 aromatic heterocycles. The number of anilines is 1. The number of carbonyl (C=O) groups excluding carboxylic acids is 5. The Morgan fingerprint density at radius 1 is 1.02 bits per heavy atom. The second-order valence-corrected chi connectivity index (χ2v) is 16.8. The second kappa shape index (κ2) is 15.3. The Bertz CT molecular complexity index is 2070. The first-order valence-corrected chi connectivity index (χ1v) is 19.5. The van der Waals surface area contributed by atoms with Gasteiger partial charge in [0, 0.05) is 30.9 Å². The molecule has 3 aliphatic heterocycles. The van der Waals surface area contributed by atoms with Crippen LogP contribution in [0.5, 0.6) is 0 Å². The molecule has 0 radical (unpaired) electrons. The van der Waals surface area contributed by atoms with E-state index in [1.165, 1.54) is 4.90 Å². The first-order valence-electron chi connectivity index (χ1n) is 17.9. The molecule has 0 bridgehead atoms. The summed E-state index contributed by atoms with van der Waals surface area (Å²) in [5.74, 6) is 1.73. The summed E-state index contributed by atoms with van der Waals surface area (Å²) in [4.78, 5) is 90.0. The molecule has 57 heavy (non-hydrogen) atoms. The molecule has 2 aromatic carbocycles. The average molecular weight is 822 g/mol. The van der Waals surface area contributed by atoms with Crippen molar-refractivity contribution in [1.29, 1.82) is 0 Å². The van der Waals surface area contributed by atoms with Crippen LogP contribution < -0.4 is 16.5 Å². The van der Waals surface area contributed by atoms with Gasteiger partial charge in [-0.1, -0.05) is 77.6 Å². The topological polar surface area (TPSA) is 248 Å². The van der Waals surface area contributed by atoms with Crippen LogP contribution in [0, 0.1) is 0 Å². The van der Waals surface area contributed by atoms with Crippen molar-refractivity contribution in [2.75, 3.05) is 25.0 Å². The van der Waals surface area contributed by atoms with E-state index in [9.17, 15) is 33.9 Å². The van der Waals surface area contributed by atoms with Crippen molar-refractivity contribution in [3.05, 3.63) is 77.6 Å². The summed E-state index contributed by atoms with van der Waals surface area (Å²) in [6.45, 7) is 4.80. The number of esters is 1. The minimum absolute atomic E-state index is 0.0192. The van der Waals surface area contributed by atoms with E-state index in [4.69, 9.17) is 20.2 Å². The normalized spacial score (nSPS) is 22.7. The number of rotatable bonds is 12. The molecule has 3 atom stereocenters. The maximum absolute atomic E-state index is 14.1. The van der Waals surface area contributed by atoms with Crippen molar-refractivity contribution in [1.82, 2.24) is 29.5 Å². The van der Waals surface area contributed by atoms with Crippen molar-refractivity contribution in [2.24, 2.45) is 11.0 Å². The molecule has 4 aliphatic rings. The average Bonchev–Trinajstić information content (AvgIpc) is 3.86. The van der Waals surface area contributed by atoms with E-state index >= 15 is 0 Å². The highest BCUT2D eigenvalue weighted by Crippen LogP contribution is 2.49. The highest BCUT2D eigenvalue weighted by atomic mass is 32.2. The zero-order valence-corrected chi connectivity index (χ0v) is 32.6. The highest BCUT2D eigenvalue weighted by Gasteiger charge is 2.66. The predicted octanol–water partition coefficient (Wildman–Crippen LogP) is 2.65. The fourth-order valence-electron chi connectivity index (χ4n) is 6.61. The maximum atomic E-state index is 14.1. The van der Waals surface area contributed by atoms with E-state index in [2.05, 4.69) is 25.1 Å². The fraction of sp³-hybridized carbons (Fsp3) is 0.417. The van der Waals surface area contributed by atoms with Crippen LogP contribution in [0.3, 0.4) is 0 Å². The van der Waals surface area contributed by atoms with Crippen molar-refractivity contribution >= 4 is 70.0 Å². The Hall–Kier alpha value is -5.80. The standard InChI is InChI=1S/C36H39N9O10S2/c1-34(2,3)54-32(51)40-31-39-25(42-57-31)22(26(46)38-23-27(47)43-19-36(29(48)49,56-28(23)43)44-17-18-45(37)33(44)52)41-55-35(15-10-16-35)30(50)53-24(20-11-6-4-7-12-20)21-13-8-5-9-14-21/h4-9,11-14,23-24,28H,10,15-19,37H2,1-3H3,(H,38,46)(H,48,49)(H,39,40,42,51)/b41-22-/t23-,28-,36-/m1/s1. The summed E-state index contributed by atoms with van der Waals surface area (Å²) in [7, 11) is 0. The first-order chi connectivity index (χ1) is 27.1. The molecule has 4 heterocycles. The smallest absolute Gasteiger partial charge is 0.414 e. The van der Waals surface area contributed by atoms with Crippen molar-refractivity contribution in [3.63, 3.8) is 0 Å².